The van der Waals surface area contributed by atoms with Gasteiger partial charge in [-0.3, -0.25) is 14.3 Å². The maximum absolute atomic E-state index is 12.8. The summed E-state index contributed by atoms with van der Waals surface area (Å²) >= 11 is 0. The van der Waals surface area contributed by atoms with E-state index in [0.29, 0.717) is 17.1 Å². The molecule has 0 spiro atoms. The van der Waals surface area contributed by atoms with E-state index in [4.69, 9.17) is 5.73 Å². The number of rotatable bonds is 7. The van der Waals surface area contributed by atoms with Gasteiger partial charge in [0, 0.05) is 30.7 Å². The molecule has 4 aromatic rings. The molecular formula is C28H30N4O2. The second-order valence-electron chi connectivity index (χ2n) is 9.23. The van der Waals surface area contributed by atoms with Crippen molar-refractivity contribution in [1.82, 2.24) is 14.5 Å². The number of primary amides is 1. The maximum Gasteiger partial charge on any atom is 0.326 e. The summed E-state index contributed by atoms with van der Waals surface area (Å²) < 4.78 is 1.87. The van der Waals surface area contributed by atoms with Gasteiger partial charge in [0.05, 0.1) is 11.0 Å². The number of nitrogens with zero attached hydrogens (tertiary/aromatic N) is 2. The van der Waals surface area contributed by atoms with Crippen molar-refractivity contribution in [2.75, 3.05) is 0 Å². The maximum atomic E-state index is 12.8. The van der Waals surface area contributed by atoms with Crippen LogP contribution in [0, 0.1) is 0 Å². The zero-order valence-corrected chi connectivity index (χ0v) is 19.2. The predicted molar refractivity (Wildman–Crippen MR) is 135 cm³/mol. The number of aromatic amines is 1. The fourth-order valence-corrected chi connectivity index (χ4v) is 5.28. The molecule has 1 saturated carbocycles. The second kappa shape index (κ2) is 9.69. The van der Waals surface area contributed by atoms with E-state index in [0.717, 1.165) is 44.3 Å². The van der Waals surface area contributed by atoms with E-state index in [9.17, 15) is 9.59 Å². The lowest BCUT2D eigenvalue weighted by Gasteiger charge is -2.37. The highest BCUT2D eigenvalue weighted by Gasteiger charge is 2.28. The van der Waals surface area contributed by atoms with Gasteiger partial charge in [0.2, 0.25) is 5.91 Å². The van der Waals surface area contributed by atoms with Gasteiger partial charge in [0.1, 0.15) is 0 Å². The van der Waals surface area contributed by atoms with E-state index >= 15 is 0 Å². The molecule has 3 N–H and O–H groups in total. The highest BCUT2D eigenvalue weighted by atomic mass is 16.1. The lowest BCUT2D eigenvalue weighted by molar-refractivity contribution is 0.100. The standard InChI is InChI=1S/C28H30N4O2/c29-27(33)22-11-16-26-25(17-22)30-28(34)32(26)24-14-12-23(13-15-24)31(18-20-7-3-1-4-8-20)19-21-9-5-2-6-10-21/h1-11,16-17,23-24H,12-15,18-19H2,(H2,29,33)(H,30,34). The second-order valence-corrected chi connectivity index (χ2v) is 9.23. The summed E-state index contributed by atoms with van der Waals surface area (Å²) in [4.78, 5) is 29.8. The Kier molecular flexibility index (Phi) is 6.32. The summed E-state index contributed by atoms with van der Waals surface area (Å²) in [6.45, 7) is 1.82. The highest BCUT2D eigenvalue weighted by Crippen LogP contribution is 2.33. The molecule has 34 heavy (non-hydrogen) atoms. The average molecular weight is 455 g/mol. The highest BCUT2D eigenvalue weighted by molar-refractivity contribution is 5.96. The van der Waals surface area contributed by atoms with Crippen LogP contribution in [0.3, 0.4) is 0 Å². The fraction of sp³-hybridized carbons (Fsp3) is 0.286. The molecule has 1 fully saturated rings. The molecule has 1 heterocycles. The minimum Gasteiger partial charge on any atom is -0.366 e. The van der Waals surface area contributed by atoms with Crippen LogP contribution in [0.4, 0.5) is 0 Å². The molecule has 0 atom stereocenters. The van der Waals surface area contributed by atoms with Crippen LogP contribution >= 0.6 is 0 Å². The fourth-order valence-electron chi connectivity index (χ4n) is 5.28. The number of nitrogens with two attached hydrogens (primary N) is 1. The molecule has 6 heteroatoms. The summed E-state index contributed by atoms with van der Waals surface area (Å²) in [5.41, 5.74) is 9.83. The van der Waals surface area contributed by atoms with Crippen molar-refractivity contribution in [3.63, 3.8) is 0 Å². The van der Waals surface area contributed by atoms with E-state index in [1.165, 1.54) is 11.1 Å². The minimum absolute atomic E-state index is 0.120. The molecule has 0 radical (unpaired) electrons. The Morgan fingerprint density at radius 1 is 0.882 bits per heavy atom. The average Bonchev–Trinajstić information content (AvgIpc) is 3.20. The van der Waals surface area contributed by atoms with Gasteiger partial charge in [-0.15, -0.1) is 0 Å². The molecule has 174 valence electrons. The molecule has 0 aliphatic heterocycles. The molecule has 5 rings (SSSR count). The van der Waals surface area contributed by atoms with Crippen LogP contribution in [0.15, 0.2) is 83.7 Å². The summed E-state index contributed by atoms with van der Waals surface area (Å²) in [6, 6.07) is 27.1. The van der Waals surface area contributed by atoms with Gasteiger partial charge in [-0.25, -0.2) is 4.79 Å². The quantitative estimate of drug-likeness (QED) is 0.428. The molecular weight excluding hydrogens is 424 g/mol. The van der Waals surface area contributed by atoms with Crippen molar-refractivity contribution in [1.29, 1.82) is 0 Å². The Bertz CT molecular complexity index is 1280. The summed E-state index contributed by atoms with van der Waals surface area (Å²) in [5.74, 6) is -0.493. The van der Waals surface area contributed by atoms with Crippen molar-refractivity contribution in [2.24, 2.45) is 5.73 Å². The number of benzene rings is 3. The summed E-state index contributed by atoms with van der Waals surface area (Å²) in [7, 11) is 0. The molecule has 6 nitrogen and oxygen atoms in total. The van der Waals surface area contributed by atoms with E-state index < -0.39 is 5.91 Å². The van der Waals surface area contributed by atoms with E-state index in [-0.39, 0.29) is 11.7 Å². The number of imidazole rings is 1. The zero-order valence-electron chi connectivity index (χ0n) is 19.2. The van der Waals surface area contributed by atoms with Crippen molar-refractivity contribution < 1.29 is 4.79 Å². The first-order valence-corrected chi connectivity index (χ1v) is 11.9. The largest absolute Gasteiger partial charge is 0.366 e. The van der Waals surface area contributed by atoms with Crippen molar-refractivity contribution in [2.45, 2.75) is 50.9 Å². The van der Waals surface area contributed by atoms with E-state index in [1.54, 1.807) is 12.1 Å². The number of carbonyl (C=O) groups is 1. The van der Waals surface area contributed by atoms with Crippen LogP contribution in [0.1, 0.15) is 53.2 Å². The van der Waals surface area contributed by atoms with E-state index in [1.807, 2.05) is 10.6 Å². The molecule has 1 aliphatic rings. The Morgan fingerprint density at radius 2 is 1.47 bits per heavy atom. The SMILES string of the molecule is NC(=O)c1ccc2c(c1)[nH]c(=O)n2C1CCC(N(Cc2ccccc2)Cc2ccccc2)CC1. The van der Waals surface area contributed by atoms with E-state index in [2.05, 4.69) is 70.5 Å². The molecule has 0 bridgehead atoms. The number of H-pyrrole nitrogens is 1. The summed E-state index contributed by atoms with van der Waals surface area (Å²) in [6.07, 6.45) is 3.94. The third-order valence-corrected chi connectivity index (χ3v) is 7.01. The van der Waals surface area contributed by atoms with Crippen LogP contribution < -0.4 is 11.4 Å². The van der Waals surface area contributed by atoms with Gasteiger partial charge >= 0.3 is 5.69 Å². The predicted octanol–water partition coefficient (Wildman–Crippen LogP) is 4.61. The van der Waals surface area contributed by atoms with Gasteiger partial charge in [-0.2, -0.15) is 0 Å². The molecule has 1 aliphatic carbocycles. The van der Waals surface area contributed by atoms with Gasteiger partial charge in [0.15, 0.2) is 0 Å². The van der Waals surface area contributed by atoms with Crippen LogP contribution in [0.25, 0.3) is 11.0 Å². The summed E-state index contributed by atoms with van der Waals surface area (Å²) in [5, 5.41) is 0. The number of nitrogens with one attached hydrogen (secondary N) is 1. The van der Waals surface area contributed by atoms with Crippen molar-refractivity contribution >= 4 is 16.9 Å². The molecule has 0 unspecified atom stereocenters. The number of fused-ring (bicyclic) bond motifs is 1. The first-order valence-electron chi connectivity index (χ1n) is 11.9. The Morgan fingerprint density at radius 3 is 2.03 bits per heavy atom. The molecule has 1 aromatic heterocycles. The molecule has 0 saturated heterocycles. The normalized spacial score (nSPS) is 18.4. The topological polar surface area (TPSA) is 84.1 Å². The number of hydrogen-bond acceptors (Lipinski definition) is 3. The first-order chi connectivity index (χ1) is 16.6. The van der Waals surface area contributed by atoms with Crippen molar-refractivity contribution in [3.8, 4) is 0 Å². The molecule has 3 aromatic carbocycles. The van der Waals surface area contributed by atoms with Gasteiger partial charge in [-0.1, -0.05) is 60.7 Å². The first kappa shape index (κ1) is 22.2. The Labute approximate surface area is 199 Å². The van der Waals surface area contributed by atoms with Crippen LogP contribution in [-0.4, -0.2) is 26.4 Å². The third kappa shape index (κ3) is 4.68. The van der Waals surface area contributed by atoms with Crippen LogP contribution in [0.5, 0.6) is 0 Å². The Balaban J connectivity index is 1.34. The molecule has 1 amide bonds. The van der Waals surface area contributed by atoms with Crippen LogP contribution in [-0.2, 0) is 13.1 Å². The Hall–Kier alpha value is -3.64. The third-order valence-electron chi connectivity index (χ3n) is 7.01. The minimum atomic E-state index is -0.493. The number of amides is 1. The van der Waals surface area contributed by atoms with Gasteiger partial charge in [0.25, 0.3) is 0 Å². The van der Waals surface area contributed by atoms with Crippen molar-refractivity contribution in [3.05, 3.63) is 106 Å². The zero-order chi connectivity index (χ0) is 23.5. The van der Waals surface area contributed by atoms with Gasteiger partial charge < -0.3 is 10.7 Å². The number of carbonyl (C=O) groups excluding carboxylic acids is 1. The number of aromatic nitrogens is 2. The monoisotopic (exact) mass is 454 g/mol. The van der Waals surface area contributed by atoms with Crippen LogP contribution in [0.2, 0.25) is 0 Å². The lowest BCUT2D eigenvalue weighted by atomic mass is 9.89. The lowest BCUT2D eigenvalue weighted by Crippen LogP contribution is -2.38. The number of hydrogen-bond donors (Lipinski definition) is 2. The van der Waals surface area contributed by atoms with Gasteiger partial charge in [-0.05, 0) is 55.0 Å². The smallest absolute Gasteiger partial charge is 0.326 e.